The second kappa shape index (κ2) is 2.53. The zero-order valence-corrected chi connectivity index (χ0v) is 10.0. The average molecular weight is 211 g/mol. The van der Waals surface area contributed by atoms with Crippen molar-refractivity contribution >= 4 is 10.9 Å². The zero-order chi connectivity index (χ0) is 10.9. The third-order valence-electron chi connectivity index (χ3n) is 4.55. The molecule has 0 atom stereocenters. The first-order chi connectivity index (χ1) is 7.67. The summed E-state index contributed by atoms with van der Waals surface area (Å²) in [7, 11) is 0. The topological polar surface area (TPSA) is 4.93 Å². The van der Waals surface area contributed by atoms with Gasteiger partial charge in [0.05, 0.1) is 5.52 Å². The Labute approximate surface area is 96.1 Å². The van der Waals surface area contributed by atoms with Gasteiger partial charge in [-0.1, -0.05) is 26.0 Å². The summed E-state index contributed by atoms with van der Waals surface area (Å²) in [6.07, 6.45) is 6.18. The average Bonchev–Trinajstić information content (AvgIpc) is 2.80. The Kier molecular flexibility index (Phi) is 1.40. The van der Waals surface area contributed by atoms with Crippen molar-refractivity contribution in [3.63, 3.8) is 0 Å². The van der Waals surface area contributed by atoms with Crippen LogP contribution in [0.5, 0.6) is 0 Å². The smallest absolute Gasteiger partial charge is 0.0519 e. The van der Waals surface area contributed by atoms with E-state index >= 15 is 0 Å². The molecule has 0 saturated carbocycles. The number of benzene rings is 1. The summed E-state index contributed by atoms with van der Waals surface area (Å²) < 4.78 is 2.48. The number of hydrogen-bond acceptors (Lipinski definition) is 0. The van der Waals surface area contributed by atoms with Gasteiger partial charge in [-0.25, -0.2) is 0 Å². The van der Waals surface area contributed by atoms with Gasteiger partial charge in [0.1, 0.15) is 0 Å². The highest BCUT2D eigenvalue weighted by atomic mass is 15.0. The van der Waals surface area contributed by atoms with E-state index in [1.54, 1.807) is 27.6 Å². The standard InChI is InChI=1S/C15H17N/c1-15(2)7-5-11-9-16-8-6-10-3-4-12(15)13(11)14(10)16/h3-4,9H,5-8H2,1-2H3. The van der Waals surface area contributed by atoms with E-state index in [0.29, 0.717) is 5.41 Å². The number of hydrogen-bond donors (Lipinski definition) is 0. The van der Waals surface area contributed by atoms with E-state index in [4.69, 9.17) is 0 Å². The Morgan fingerprint density at radius 1 is 1.12 bits per heavy atom. The number of nitrogens with zero attached hydrogens (tertiary/aromatic N) is 1. The Balaban J connectivity index is 2.21. The van der Waals surface area contributed by atoms with Gasteiger partial charge in [0.15, 0.2) is 0 Å². The minimum absolute atomic E-state index is 0.361. The summed E-state index contributed by atoms with van der Waals surface area (Å²) in [6.45, 7) is 5.97. The highest BCUT2D eigenvalue weighted by Crippen LogP contribution is 2.43. The molecule has 1 aliphatic heterocycles. The van der Waals surface area contributed by atoms with Crippen molar-refractivity contribution in [2.75, 3.05) is 0 Å². The van der Waals surface area contributed by atoms with Crippen LogP contribution >= 0.6 is 0 Å². The molecule has 0 unspecified atom stereocenters. The Morgan fingerprint density at radius 3 is 2.88 bits per heavy atom. The van der Waals surface area contributed by atoms with Crippen LogP contribution in [-0.4, -0.2) is 4.57 Å². The van der Waals surface area contributed by atoms with Crippen molar-refractivity contribution in [3.8, 4) is 0 Å². The lowest BCUT2D eigenvalue weighted by Crippen LogP contribution is -2.22. The van der Waals surface area contributed by atoms with E-state index in [1.807, 2.05) is 0 Å². The molecule has 0 amide bonds. The third kappa shape index (κ3) is 0.881. The number of aryl methyl sites for hydroxylation is 3. The Hall–Kier alpha value is -1.24. The van der Waals surface area contributed by atoms with E-state index in [1.165, 1.54) is 25.8 Å². The molecule has 1 nitrogen and oxygen atoms in total. The second-order valence-corrected chi connectivity index (χ2v) is 5.98. The fraction of sp³-hybridized carbons (Fsp3) is 0.467. The van der Waals surface area contributed by atoms with Gasteiger partial charge in [-0.05, 0) is 41.4 Å². The molecular weight excluding hydrogens is 194 g/mol. The maximum absolute atomic E-state index is 2.48. The van der Waals surface area contributed by atoms with Gasteiger partial charge in [-0.3, -0.25) is 0 Å². The largest absolute Gasteiger partial charge is 0.347 e. The van der Waals surface area contributed by atoms with Gasteiger partial charge in [-0.15, -0.1) is 0 Å². The summed E-state index contributed by atoms with van der Waals surface area (Å²) in [5.74, 6) is 0. The lowest BCUT2D eigenvalue weighted by atomic mass is 9.73. The first kappa shape index (κ1) is 8.86. The van der Waals surface area contributed by atoms with E-state index in [0.717, 1.165) is 0 Å². The second-order valence-electron chi connectivity index (χ2n) is 5.98. The molecule has 16 heavy (non-hydrogen) atoms. The molecule has 1 aromatic carbocycles. The van der Waals surface area contributed by atoms with Crippen molar-refractivity contribution in [3.05, 3.63) is 35.0 Å². The van der Waals surface area contributed by atoms with Crippen molar-refractivity contribution in [2.45, 2.75) is 45.1 Å². The molecular formula is C15H17N. The van der Waals surface area contributed by atoms with E-state index < -0.39 is 0 Å². The van der Waals surface area contributed by atoms with Crippen LogP contribution in [0.25, 0.3) is 10.9 Å². The third-order valence-corrected chi connectivity index (χ3v) is 4.55. The molecule has 0 N–H and O–H groups in total. The lowest BCUT2D eigenvalue weighted by molar-refractivity contribution is 0.474. The van der Waals surface area contributed by atoms with E-state index in [9.17, 15) is 0 Å². The summed E-state index contributed by atoms with van der Waals surface area (Å²) >= 11 is 0. The molecule has 2 aliphatic rings. The molecule has 4 rings (SSSR count). The van der Waals surface area contributed by atoms with Gasteiger partial charge in [0.2, 0.25) is 0 Å². The van der Waals surface area contributed by atoms with Gasteiger partial charge in [0.25, 0.3) is 0 Å². The SMILES string of the molecule is CC1(C)CCc2cn3c4c(ccc1c24)CC3. The molecule has 1 heteroatoms. The first-order valence-electron chi connectivity index (χ1n) is 6.31. The van der Waals surface area contributed by atoms with Crippen molar-refractivity contribution < 1.29 is 0 Å². The predicted molar refractivity (Wildman–Crippen MR) is 67.0 cm³/mol. The zero-order valence-electron chi connectivity index (χ0n) is 10.0. The summed E-state index contributed by atoms with van der Waals surface area (Å²) in [6, 6.07) is 4.74. The molecule has 0 radical (unpaired) electrons. The molecule has 0 saturated heterocycles. The normalized spacial score (nSPS) is 20.6. The maximum atomic E-state index is 2.48. The molecule has 1 aliphatic carbocycles. The highest BCUT2D eigenvalue weighted by Gasteiger charge is 2.31. The van der Waals surface area contributed by atoms with Crippen molar-refractivity contribution in [1.29, 1.82) is 0 Å². The van der Waals surface area contributed by atoms with Crippen LogP contribution in [0.4, 0.5) is 0 Å². The van der Waals surface area contributed by atoms with Crippen LogP contribution in [0.2, 0.25) is 0 Å². The summed E-state index contributed by atoms with van der Waals surface area (Å²) in [5, 5.41) is 1.59. The fourth-order valence-electron chi connectivity index (χ4n) is 3.56. The summed E-state index contributed by atoms with van der Waals surface area (Å²) in [5.41, 5.74) is 6.63. The highest BCUT2D eigenvalue weighted by molar-refractivity contribution is 5.92. The first-order valence-corrected chi connectivity index (χ1v) is 6.31. The van der Waals surface area contributed by atoms with Gasteiger partial charge in [0, 0.05) is 18.1 Å². The Morgan fingerprint density at radius 2 is 2.00 bits per heavy atom. The molecule has 0 spiro atoms. The quantitative estimate of drug-likeness (QED) is 0.629. The van der Waals surface area contributed by atoms with E-state index in [2.05, 4.69) is 36.7 Å². The minimum atomic E-state index is 0.361. The van der Waals surface area contributed by atoms with Gasteiger partial charge >= 0.3 is 0 Å². The van der Waals surface area contributed by atoms with Crippen molar-refractivity contribution in [2.24, 2.45) is 0 Å². The summed E-state index contributed by atoms with van der Waals surface area (Å²) in [4.78, 5) is 0. The fourth-order valence-corrected chi connectivity index (χ4v) is 3.56. The van der Waals surface area contributed by atoms with Crippen LogP contribution in [0.1, 0.15) is 37.0 Å². The van der Waals surface area contributed by atoms with Crippen LogP contribution in [0, 0.1) is 0 Å². The molecule has 2 aromatic rings. The number of rotatable bonds is 0. The van der Waals surface area contributed by atoms with E-state index in [-0.39, 0.29) is 0 Å². The van der Waals surface area contributed by atoms with Crippen LogP contribution in [0.3, 0.4) is 0 Å². The predicted octanol–water partition coefficient (Wildman–Crippen LogP) is 3.42. The molecule has 2 heterocycles. The van der Waals surface area contributed by atoms with Gasteiger partial charge in [-0.2, -0.15) is 0 Å². The monoisotopic (exact) mass is 211 g/mol. The minimum Gasteiger partial charge on any atom is -0.347 e. The maximum Gasteiger partial charge on any atom is 0.0519 e. The van der Waals surface area contributed by atoms with Crippen molar-refractivity contribution in [1.82, 2.24) is 4.57 Å². The number of aromatic nitrogens is 1. The molecule has 82 valence electrons. The van der Waals surface area contributed by atoms with Crippen LogP contribution in [0.15, 0.2) is 18.3 Å². The lowest BCUT2D eigenvalue weighted by Gasteiger charge is -2.30. The molecule has 0 bridgehead atoms. The van der Waals surface area contributed by atoms with Crippen LogP contribution in [-0.2, 0) is 24.8 Å². The van der Waals surface area contributed by atoms with Crippen LogP contribution < -0.4 is 0 Å². The Bertz CT molecular complexity index is 601. The van der Waals surface area contributed by atoms with Gasteiger partial charge < -0.3 is 4.57 Å². The molecule has 0 fully saturated rings. The molecule has 1 aromatic heterocycles.